The molecule has 0 bridgehead atoms. The van der Waals surface area contributed by atoms with E-state index in [0.717, 1.165) is 32.1 Å². The summed E-state index contributed by atoms with van der Waals surface area (Å²) in [6.45, 7) is 6.71. The minimum absolute atomic E-state index is 0.241. The van der Waals surface area contributed by atoms with Crippen LogP contribution in [0, 0.1) is 0 Å². The molecule has 2 N–H and O–H groups in total. The average molecular weight is 243 g/mol. The van der Waals surface area contributed by atoms with Crippen molar-refractivity contribution in [1.29, 1.82) is 0 Å². The monoisotopic (exact) mass is 243 g/mol. The molecule has 0 aromatic heterocycles. The van der Waals surface area contributed by atoms with E-state index in [2.05, 4.69) is 36.1 Å². The first kappa shape index (κ1) is 14.9. The fraction of sp³-hybridized carbons (Fsp3) is 1.00. The fourth-order valence-corrected chi connectivity index (χ4v) is 2.58. The van der Waals surface area contributed by atoms with Crippen LogP contribution in [0.5, 0.6) is 0 Å². The summed E-state index contributed by atoms with van der Waals surface area (Å²) in [7, 11) is 4.41. The highest BCUT2D eigenvalue weighted by atomic mass is 16.3. The van der Waals surface area contributed by atoms with E-state index in [-0.39, 0.29) is 12.6 Å². The molecule has 0 aromatic rings. The van der Waals surface area contributed by atoms with Gasteiger partial charge in [-0.1, -0.05) is 6.92 Å². The Balaban J connectivity index is 2.17. The number of nitrogens with one attached hydrogen (secondary N) is 1. The zero-order chi connectivity index (χ0) is 12.7. The van der Waals surface area contributed by atoms with Gasteiger partial charge in [-0.3, -0.25) is 0 Å². The van der Waals surface area contributed by atoms with E-state index in [1.165, 1.54) is 19.4 Å². The Bertz CT molecular complexity index is 201. The first-order chi connectivity index (χ1) is 8.17. The summed E-state index contributed by atoms with van der Waals surface area (Å²) < 4.78 is 0. The van der Waals surface area contributed by atoms with Crippen LogP contribution in [0.4, 0.5) is 0 Å². The molecule has 1 aliphatic rings. The first-order valence-corrected chi connectivity index (χ1v) is 6.90. The molecule has 1 aliphatic heterocycles. The van der Waals surface area contributed by atoms with E-state index >= 15 is 0 Å². The van der Waals surface area contributed by atoms with Crippen molar-refractivity contribution in [3.63, 3.8) is 0 Å². The SMILES string of the molecule is CCNC(CO)CCN(C)CC1CCCN1C. The van der Waals surface area contributed by atoms with Gasteiger partial charge in [0, 0.05) is 18.6 Å². The molecule has 2 unspecified atom stereocenters. The van der Waals surface area contributed by atoms with Gasteiger partial charge in [0.15, 0.2) is 0 Å². The number of aliphatic hydroxyl groups excluding tert-OH is 1. The average Bonchev–Trinajstić information content (AvgIpc) is 2.70. The number of likely N-dealkylation sites (tertiary alicyclic amines) is 1. The molecule has 1 saturated heterocycles. The molecule has 1 rings (SSSR count). The van der Waals surface area contributed by atoms with E-state index in [1.807, 2.05) is 0 Å². The van der Waals surface area contributed by atoms with Crippen molar-refractivity contribution >= 4 is 0 Å². The maximum absolute atomic E-state index is 9.21. The molecule has 0 radical (unpaired) electrons. The van der Waals surface area contributed by atoms with Gasteiger partial charge < -0.3 is 20.2 Å². The Hall–Kier alpha value is -0.160. The molecule has 17 heavy (non-hydrogen) atoms. The van der Waals surface area contributed by atoms with Gasteiger partial charge in [-0.05, 0) is 53.0 Å². The summed E-state index contributed by atoms with van der Waals surface area (Å²) in [5, 5.41) is 12.5. The Labute approximate surface area is 106 Å². The summed E-state index contributed by atoms with van der Waals surface area (Å²) >= 11 is 0. The molecule has 0 aromatic carbocycles. The van der Waals surface area contributed by atoms with Crippen molar-refractivity contribution < 1.29 is 5.11 Å². The number of nitrogens with zero attached hydrogens (tertiary/aromatic N) is 2. The molecule has 4 heteroatoms. The number of likely N-dealkylation sites (N-methyl/N-ethyl adjacent to an activating group) is 3. The minimum Gasteiger partial charge on any atom is -0.395 e. The molecule has 2 atom stereocenters. The van der Waals surface area contributed by atoms with Crippen LogP contribution >= 0.6 is 0 Å². The van der Waals surface area contributed by atoms with Crippen molar-refractivity contribution in [2.45, 2.75) is 38.3 Å². The number of hydrogen-bond donors (Lipinski definition) is 2. The highest BCUT2D eigenvalue weighted by molar-refractivity contribution is 4.79. The number of hydrogen-bond acceptors (Lipinski definition) is 4. The van der Waals surface area contributed by atoms with Crippen LogP contribution in [0.1, 0.15) is 26.2 Å². The largest absolute Gasteiger partial charge is 0.395 e. The van der Waals surface area contributed by atoms with Crippen LogP contribution in [0.15, 0.2) is 0 Å². The molecule has 0 spiro atoms. The normalized spacial score (nSPS) is 23.5. The zero-order valence-corrected chi connectivity index (χ0v) is 11.7. The van der Waals surface area contributed by atoms with Crippen molar-refractivity contribution in [1.82, 2.24) is 15.1 Å². The molecular formula is C13H29N3O. The predicted octanol–water partition coefficient (Wildman–Crippen LogP) is 0.373. The topological polar surface area (TPSA) is 38.7 Å². The lowest BCUT2D eigenvalue weighted by Crippen LogP contribution is -2.40. The second-order valence-electron chi connectivity index (χ2n) is 5.26. The van der Waals surface area contributed by atoms with Crippen molar-refractivity contribution in [2.75, 3.05) is 46.9 Å². The number of rotatable bonds is 8. The summed E-state index contributed by atoms with van der Waals surface area (Å²) in [5.74, 6) is 0. The van der Waals surface area contributed by atoms with Gasteiger partial charge in [-0.2, -0.15) is 0 Å². The van der Waals surface area contributed by atoms with Gasteiger partial charge in [-0.25, -0.2) is 0 Å². The lowest BCUT2D eigenvalue weighted by atomic mass is 10.2. The van der Waals surface area contributed by atoms with Crippen LogP contribution < -0.4 is 5.32 Å². The standard InChI is InChI=1S/C13H29N3O/c1-4-14-12(11-17)7-9-15(2)10-13-6-5-8-16(13)3/h12-14,17H,4-11H2,1-3H3. The van der Waals surface area contributed by atoms with Crippen LogP contribution in [0.25, 0.3) is 0 Å². The van der Waals surface area contributed by atoms with Crippen molar-refractivity contribution in [3.05, 3.63) is 0 Å². The lowest BCUT2D eigenvalue weighted by molar-refractivity contribution is 0.193. The van der Waals surface area contributed by atoms with Crippen molar-refractivity contribution in [2.24, 2.45) is 0 Å². The quantitative estimate of drug-likeness (QED) is 0.646. The molecule has 0 aliphatic carbocycles. The third-order valence-electron chi connectivity index (χ3n) is 3.77. The van der Waals surface area contributed by atoms with Crippen LogP contribution in [0.2, 0.25) is 0 Å². The highest BCUT2D eigenvalue weighted by Crippen LogP contribution is 2.15. The molecule has 1 heterocycles. The van der Waals surface area contributed by atoms with E-state index in [4.69, 9.17) is 0 Å². The Kier molecular flexibility index (Phi) is 7.04. The summed E-state index contributed by atoms with van der Waals surface area (Å²) in [6, 6.07) is 0.982. The summed E-state index contributed by atoms with van der Waals surface area (Å²) in [6.07, 6.45) is 3.69. The number of aliphatic hydroxyl groups is 1. The fourth-order valence-electron chi connectivity index (χ4n) is 2.58. The minimum atomic E-state index is 0.241. The molecular weight excluding hydrogens is 214 g/mol. The smallest absolute Gasteiger partial charge is 0.0585 e. The summed E-state index contributed by atoms with van der Waals surface area (Å²) in [4.78, 5) is 4.86. The maximum Gasteiger partial charge on any atom is 0.0585 e. The second-order valence-corrected chi connectivity index (χ2v) is 5.26. The van der Waals surface area contributed by atoms with E-state index in [9.17, 15) is 5.11 Å². The first-order valence-electron chi connectivity index (χ1n) is 6.90. The van der Waals surface area contributed by atoms with Crippen molar-refractivity contribution in [3.8, 4) is 0 Å². The zero-order valence-electron chi connectivity index (χ0n) is 11.7. The summed E-state index contributed by atoms with van der Waals surface area (Å²) in [5.41, 5.74) is 0. The van der Waals surface area contributed by atoms with Gasteiger partial charge in [0.2, 0.25) is 0 Å². The maximum atomic E-state index is 9.21. The molecule has 0 saturated carbocycles. The highest BCUT2D eigenvalue weighted by Gasteiger charge is 2.22. The van der Waals surface area contributed by atoms with Crippen LogP contribution in [-0.2, 0) is 0 Å². The van der Waals surface area contributed by atoms with Crippen LogP contribution in [-0.4, -0.2) is 73.9 Å². The van der Waals surface area contributed by atoms with Gasteiger partial charge in [-0.15, -0.1) is 0 Å². The molecule has 4 nitrogen and oxygen atoms in total. The molecule has 0 amide bonds. The van der Waals surface area contributed by atoms with Crippen LogP contribution in [0.3, 0.4) is 0 Å². The Morgan fingerprint density at radius 2 is 2.29 bits per heavy atom. The lowest BCUT2D eigenvalue weighted by Gasteiger charge is -2.27. The molecule has 1 fully saturated rings. The predicted molar refractivity (Wildman–Crippen MR) is 72.3 cm³/mol. The van der Waals surface area contributed by atoms with Gasteiger partial charge >= 0.3 is 0 Å². The second kappa shape index (κ2) is 8.03. The Morgan fingerprint density at radius 3 is 2.82 bits per heavy atom. The third-order valence-corrected chi connectivity index (χ3v) is 3.77. The van der Waals surface area contributed by atoms with Gasteiger partial charge in [0.05, 0.1) is 6.61 Å². The van der Waals surface area contributed by atoms with E-state index < -0.39 is 0 Å². The third kappa shape index (κ3) is 5.34. The van der Waals surface area contributed by atoms with Gasteiger partial charge in [0.25, 0.3) is 0 Å². The van der Waals surface area contributed by atoms with Gasteiger partial charge in [0.1, 0.15) is 0 Å². The Morgan fingerprint density at radius 1 is 1.53 bits per heavy atom. The van der Waals surface area contributed by atoms with E-state index in [1.54, 1.807) is 0 Å². The molecule has 102 valence electrons. The van der Waals surface area contributed by atoms with E-state index in [0.29, 0.717) is 0 Å².